The van der Waals surface area contributed by atoms with Crippen LogP contribution in [0.5, 0.6) is 0 Å². The molecule has 124 valence electrons. The number of hydrogen-bond acceptors (Lipinski definition) is 4. The van der Waals surface area contributed by atoms with Gasteiger partial charge in [0.1, 0.15) is 0 Å². The van der Waals surface area contributed by atoms with E-state index >= 15 is 0 Å². The largest absolute Gasteiger partial charge is 0.315 e. The number of benzene rings is 1. The van der Waals surface area contributed by atoms with Gasteiger partial charge in [0.15, 0.2) is 16.3 Å². The van der Waals surface area contributed by atoms with Crippen molar-refractivity contribution in [3.8, 4) is 5.69 Å². The highest BCUT2D eigenvalue weighted by molar-refractivity contribution is 7.99. The van der Waals surface area contributed by atoms with Crippen molar-refractivity contribution in [3.63, 3.8) is 0 Å². The number of aromatic nitrogens is 4. The number of rotatable bonds is 5. The van der Waals surface area contributed by atoms with E-state index in [0.717, 1.165) is 29.1 Å². The first-order valence-corrected chi connectivity index (χ1v) is 9.40. The predicted molar refractivity (Wildman–Crippen MR) is 97.3 cm³/mol. The molecule has 2 aromatic heterocycles. The van der Waals surface area contributed by atoms with E-state index in [1.807, 2.05) is 23.6 Å². The summed E-state index contributed by atoms with van der Waals surface area (Å²) in [6.45, 7) is 2.76. The van der Waals surface area contributed by atoms with E-state index in [4.69, 9.17) is 16.6 Å². The first kappa shape index (κ1) is 15.7. The molecule has 7 heteroatoms. The van der Waals surface area contributed by atoms with E-state index in [1.165, 1.54) is 12.8 Å². The van der Waals surface area contributed by atoms with Crippen LogP contribution in [0.4, 0.5) is 0 Å². The number of thioether (sulfide) groups is 1. The van der Waals surface area contributed by atoms with E-state index in [9.17, 15) is 4.79 Å². The number of imidazole rings is 1. The molecule has 0 N–H and O–H groups in total. The lowest BCUT2D eigenvalue weighted by atomic mass is 10.3. The van der Waals surface area contributed by atoms with E-state index in [-0.39, 0.29) is 5.56 Å². The second kappa shape index (κ2) is 6.26. The minimum atomic E-state index is -0.132. The number of nitrogens with zero attached hydrogens (tertiary/aromatic N) is 4. The second-order valence-electron chi connectivity index (χ2n) is 5.97. The van der Waals surface area contributed by atoms with Crippen molar-refractivity contribution in [1.29, 1.82) is 0 Å². The zero-order chi connectivity index (χ0) is 16.7. The Morgan fingerprint density at radius 2 is 2.04 bits per heavy atom. The smallest absolute Gasteiger partial charge is 0.286 e. The third-order valence-corrected chi connectivity index (χ3v) is 5.60. The van der Waals surface area contributed by atoms with Gasteiger partial charge in [-0.2, -0.15) is 0 Å². The molecule has 24 heavy (non-hydrogen) atoms. The predicted octanol–water partition coefficient (Wildman–Crippen LogP) is 3.76. The molecule has 0 aliphatic heterocycles. The number of aryl methyl sites for hydroxylation is 1. The van der Waals surface area contributed by atoms with Crippen LogP contribution in [0.2, 0.25) is 5.02 Å². The van der Waals surface area contributed by atoms with Crippen LogP contribution in [-0.2, 0) is 6.54 Å². The maximum Gasteiger partial charge on any atom is 0.286 e. The normalized spacial score (nSPS) is 14.4. The van der Waals surface area contributed by atoms with Crippen LogP contribution in [0.3, 0.4) is 0 Å². The number of fused-ring (bicyclic) bond motifs is 1. The average Bonchev–Trinajstić information content (AvgIpc) is 3.32. The Hall–Kier alpha value is -1.79. The van der Waals surface area contributed by atoms with Crippen molar-refractivity contribution in [3.05, 3.63) is 46.0 Å². The van der Waals surface area contributed by atoms with Gasteiger partial charge in [0.25, 0.3) is 5.56 Å². The van der Waals surface area contributed by atoms with Gasteiger partial charge in [-0.05, 0) is 49.9 Å². The number of halogens is 1. The molecule has 1 aliphatic rings. The summed E-state index contributed by atoms with van der Waals surface area (Å²) in [5, 5.41) is 1.36. The lowest BCUT2D eigenvalue weighted by Crippen LogP contribution is -2.22. The van der Waals surface area contributed by atoms with Gasteiger partial charge in [-0.25, -0.2) is 9.97 Å². The molecule has 0 saturated heterocycles. The first-order chi connectivity index (χ1) is 11.7. The summed E-state index contributed by atoms with van der Waals surface area (Å²) in [5.41, 5.74) is 1.70. The quantitative estimate of drug-likeness (QED) is 0.513. The Morgan fingerprint density at radius 1 is 1.29 bits per heavy atom. The maximum absolute atomic E-state index is 13.0. The maximum atomic E-state index is 13.0. The Bertz CT molecular complexity index is 944. The van der Waals surface area contributed by atoms with E-state index in [2.05, 4.69) is 4.98 Å². The highest BCUT2D eigenvalue weighted by Crippen LogP contribution is 2.35. The van der Waals surface area contributed by atoms with Crippen molar-refractivity contribution >= 4 is 34.5 Å². The molecule has 4 rings (SSSR count). The fraction of sp³-hybridized carbons (Fsp3) is 0.353. The van der Waals surface area contributed by atoms with Gasteiger partial charge in [-0.15, -0.1) is 0 Å². The van der Waals surface area contributed by atoms with Gasteiger partial charge >= 0.3 is 0 Å². The van der Waals surface area contributed by atoms with Crippen LogP contribution in [0, 0.1) is 5.92 Å². The molecular formula is C17H17ClN4OS. The third-order valence-electron chi connectivity index (χ3n) is 4.18. The molecule has 1 aromatic carbocycles. The van der Waals surface area contributed by atoms with E-state index < -0.39 is 0 Å². The van der Waals surface area contributed by atoms with Crippen LogP contribution < -0.4 is 5.56 Å². The Labute approximate surface area is 148 Å². The molecule has 0 radical (unpaired) electrons. The lowest BCUT2D eigenvalue weighted by molar-refractivity contribution is 0.754. The van der Waals surface area contributed by atoms with Gasteiger partial charge < -0.3 is 4.57 Å². The molecule has 5 nitrogen and oxygen atoms in total. The summed E-state index contributed by atoms with van der Waals surface area (Å²) in [6.07, 6.45) is 4.22. The van der Waals surface area contributed by atoms with Crippen LogP contribution in [0.1, 0.15) is 19.8 Å². The molecular weight excluding hydrogens is 344 g/mol. The summed E-state index contributed by atoms with van der Waals surface area (Å²) in [6, 6.07) is 7.26. The summed E-state index contributed by atoms with van der Waals surface area (Å²) in [5.74, 6) is 1.74. The minimum absolute atomic E-state index is 0.132. The standard InChI is InChI=1S/C17H17ClN4OS/c1-2-21-10-19-14-15(21)20-17(24-9-11-3-4-11)22(16(14)23)13-7-5-12(18)6-8-13/h5-8,10-11H,2-4,9H2,1H3. The summed E-state index contributed by atoms with van der Waals surface area (Å²) in [4.78, 5) is 22.1. The summed E-state index contributed by atoms with van der Waals surface area (Å²) in [7, 11) is 0. The molecule has 0 spiro atoms. The zero-order valence-electron chi connectivity index (χ0n) is 13.3. The molecule has 0 bridgehead atoms. The van der Waals surface area contributed by atoms with E-state index in [0.29, 0.717) is 16.2 Å². The molecule has 1 saturated carbocycles. The molecule has 1 aliphatic carbocycles. The van der Waals surface area contributed by atoms with Gasteiger partial charge in [-0.1, -0.05) is 23.4 Å². The van der Waals surface area contributed by atoms with Gasteiger partial charge in [0, 0.05) is 17.3 Å². The van der Waals surface area contributed by atoms with Crippen molar-refractivity contribution in [2.24, 2.45) is 5.92 Å². The van der Waals surface area contributed by atoms with Crippen LogP contribution >= 0.6 is 23.4 Å². The molecule has 0 amide bonds. The van der Waals surface area contributed by atoms with Crippen LogP contribution in [0.25, 0.3) is 16.9 Å². The lowest BCUT2D eigenvalue weighted by Gasteiger charge is -2.12. The van der Waals surface area contributed by atoms with Gasteiger partial charge in [-0.3, -0.25) is 9.36 Å². The molecule has 1 fully saturated rings. The Morgan fingerprint density at radius 3 is 2.71 bits per heavy atom. The third kappa shape index (κ3) is 2.84. The van der Waals surface area contributed by atoms with Crippen LogP contribution in [0.15, 0.2) is 40.5 Å². The summed E-state index contributed by atoms with van der Waals surface area (Å²) >= 11 is 7.63. The number of hydrogen-bond donors (Lipinski definition) is 0. The van der Waals surface area contributed by atoms with Crippen molar-refractivity contribution in [2.45, 2.75) is 31.5 Å². The van der Waals surface area contributed by atoms with Gasteiger partial charge in [0.2, 0.25) is 0 Å². The first-order valence-electron chi connectivity index (χ1n) is 8.04. The highest BCUT2D eigenvalue weighted by atomic mass is 35.5. The fourth-order valence-electron chi connectivity index (χ4n) is 2.60. The van der Waals surface area contributed by atoms with Gasteiger partial charge in [0.05, 0.1) is 12.0 Å². The van der Waals surface area contributed by atoms with Crippen molar-refractivity contribution in [1.82, 2.24) is 19.1 Å². The van der Waals surface area contributed by atoms with Crippen molar-refractivity contribution in [2.75, 3.05) is 5.75 Å². The molecule has 2 heterocycles. The SMILES string of the molecule is CCn1cnc2c(=O)n(-c3ccc(Cl)cc3)c(SCC3CC3)nc21. The highest BCUT2D eigenvalue weighted by Gasteiger charge is 2.23. The van der Waals surface area contributed by atoms with E-state index in [1.54, 1.807) is 34.8 Å². The topological polar surface area (TPSA) is 52.7 Å². The Balaban J connectivity index is 1.90. The van der Waals surface area contributed by atoms with Crippen LogP contribution in [-0.4, -0.2) is 24.9 Å². The summed E-state index contributed by atoms with van der Waals surface area (Å²) < 4.78 is 3.56. The second-order valence-corrected chi connectivity index (χ2v) is 7.39. The molecule has 3 aromatic rings. The molecule has 0 unspecified atom stereocenters. The fourth-order valence-corrected chi connectivity index (χ4v) is 3.91. The minimum Gasteiger partial charge on any atom is -0.315 e. The molecule has 0 atom stereocenters. The Kier molecular flexibility index (Phi) is 4.10. The monoisotopic (exact) mass is 360 g/mol. The van der Waals surface area contributed by atoms with Crippen molar-refractivity contribution < 1.29 is 0 Å². The zero-order valence-corrected chi connectivity index (χ0v) is 14.8. The average molecular weight is 361 g/mol.